The molecule has 76 valence electrons. The predicted molar refractivity (Wildman–Crippen MR) is 65.4 cm³/mol. The number of aromatic nitrogens is 2. The second-order valence-electron chi connectivity index (χ2n) is 3.87. The van der Waals surface area contributed by atoms with Gasteiger partial charge in [-0.25, -0.2) is 9.97 Å². The Morgan fingerprint density at radius 1 is 1.57 bits per heavy atom. The van der Waals surface area contributed by atoms with Crippen molar-refractivity contribution in [2.45, 2.75) is 19.3 Å². The molecule has 0 unspecified atom stereocenters. The number of rotatable bonds is 3. The van der Waals surface area contributed by atoms with Gasteiger partial charge in [0.1, 0.15) is 12.1 Å². The zero-order valence-electron chi connectivity index (χ0n) is 8.28. The van der Waals surface area contributed by atoms with Gasteiger partial charge >= 0.3 is 0 Å². The Balaban J connectivity index is 2.02. The number of hydrogen-bond donors (Lipinski definition) is 0. The van der Waals surface area contributed by atoms with Crippen LogP contribution in [0.4, 0.5) is 5.82 Å². The highest BCUT2D eigenvalue weighted by Crippen LogP contribution is 2.28. The standard InChI is InChI=1S/C10H14IN3/c1-14(6-8-3-2-4-8)10-9(11)5-12-7-13-10/h5,7-8H,2-4,6H2,1H3. The molecule has 1 aromatic heterocycles. The van der Waals surface area contributed by atoms with E-state index in [4.69, 9.17) is 0 Å². The van der Waals surface area contributed by atoms with E-state index in [1.165, 1.54) is 19.3 Å². The summed E-state index contributed by atoms with van der Waals surface area (Å²) in [7, 11) is 2.11. The molecule has 0 bridgehead atoms. The van der Waals surface area contributed by atoms with E-state index >= 15 is 0 Å². The first kappa shape index (κ1) is 10.1. The fourth-order valence-electron chi connectivity index (χ4n) is 1.74. The number of anilines is 1. The first-order valence-electron chi connectivity index (χ1n) is 4.94. The molecule has 1 saturated carbocycles. The van der Waals surface area contributed by atoms with E-state index in [0.717, 1.165) is 21.9 Å². The minimum absolute atomic E-state index is 0.880. The summed E-state index contributed by atoms with van der Waals surface area (Å²) in [6.07, 6.45) is 7.65. The largest absolute Gasteiger partial charge is 0.358 e. The van der Waals surface area contributed by atoms with Crippen LogP contribution in [0.3, 0.4) is 0 Å². The highest BCUT2D eigenvalue weighted by Gasteiger charge is 2.20. The van der Waals surface area contributed by atoms with Crippen molar-refractivity contribution in [2.24, 2.45) is 5.92 Å². The maximum absolute atomic E-state index is 4.30. The van der Waals surface area contributed by atoms with Crippen LogP contribution in [0.2, 0.25) is 0 Å². The molecule has 0 saturated heterocycles. The zero-order chi connectivity index (χ0) is 9.97. The Bertz CT molecular complexity index is 312. The third-order valence-corrected chi connectivity index (χ3v) is 3.53. The van der Waals surface area contributed by atoms with E-state index in [1.54, 1.807) is 6.33 Å². The first-order valence-corrected chi connectivity index (χ1v) is 6.02. The molecule has 0 amide bonds. The Kier molecular flexibility index (Phi) is 3.20. The van der Waals surface area contributed by atoms with Crippen molar-refractivity contribution in [3.05, 3.63) is 16.1 Å². The van der Waals surface area contributed by atoms with Crippen molar-refractivity contribution in [1.82, 2.24) is 9.97 Å². The average molecular weight is 303 g/mol. The maximum atomic E-state index is 4.30. The van der Waals surface area contributed by atoms with Crippen molar-refractivity contribution in [1.29, 1.82) is 0 Å². The van der Waals surface area contributed by atoms with Gasteiger partial charge in [0.05, 0.1) is 3.57 Å². The zero-order valence-corrected chi connectivity index (χ0v) is 10.4. The smallest absolute Gasteiger partial charge is 0.145 e. The van der Waals surface area contributed by atoms with E-state index in [0.29, 0.717) is 0 Å². The van der Waals surface area contributed by atoms with E-state index in [2.05, 4.69) is 44.5 Å². The topological polar surface area (TPSA) is 29.0 Å². The van der Waals surface area contributed by atoms with Gasteiger partial charge in [-0.05, 0) is 41.4 Å². The summed E-state index contributed by atoms with van der Waals surface area (Å²) in [5.74, 6) is 1.94. The summed E-state index contributed by atoms with van der Waals surface area (Å²) in [5, 5.41) is 0. The summed E-state index contributed by atoms with van der Waals surface area (Å²) < 4.78 is 1.13. The molecule has 2 rings (SSSR count). The molecule has 0 aromatic carbocycles. The van der Waals surface area contributed by atoms with Crippen LogP contribution in [-0.2, 0) is 0 Å². The molecule has 0 aliphatic heterocycles. The summed E-state index contributed by atoms with van der Waals surface area (Å²) in [5.41, 5.74) is 0. The molecular weight excluding hydrogens is 289 g/mol. The molecular formula is C10H14IN3. The molecule has 4 heteroatoms. The summed E-state index contributed by atoms with van der Waals surface area (Å²) in [4.78, 5) is 10.5. The van der Waals surface area contributed by atoms with Crippen molar-refractivity contribution in [3.8, 4) is 0 Å². The molecule has 1 aliphatic rings. The van der Waals surface area contributed by atoms with Crippen molar-refractivity contribution in [2.75, 3.05) is 18.5 Å². The molecule has 1 aromatic rings. The molecule has 0 atom stereocenters. The second kappa shape index (κ2) is 4.42. The predicted octanol–water partition coefficient (Wildman–Crippen LogP) is 2.32. The van der Waals surface area contributed by atoms with Crippen LogP contribution >= 0.6 is 22.6 Å². The third-order valence-electron chi connectivity index (χ3n) is 2.77. The second-order valence-corrected chi connectivity index (χ2v) is 5.03. The Hall–Kier alpha value is -0.390. The van der Waals surface area contributed by atoms with E-state index in [-0.39, 0.29) is 0 Å². The van der Waals surface area contributed by atoms with Gasteiger partial charge in [0.2, 0.25) is 0 Å². The van der Waals surface area contributed by atoms with Crippen LogP contribution in [0.1, 0.15) is 19.3 Å². The Labute approximate surface area is 98.1 Å². The lowest BCUT2D eigenvalue weighted by Crippen LogP contribution is -2.30. The van der Waals surface area contributed by atoms with E-state index in [9.17, 15) is 0 Å². The molecule has 0 N–H and O–H groups in total. The molecule has 14 heavy (non-hydrogen) atoms. The monoisotopic (exact) mass is 303 g/mol. The third kappa shape index (κ3) is 2.16. The maximum Gasteiger partial charge on any atom is 0.145 e. The SMILES string of the molecule is CN(CC1CCC1)c1ncncc1I. The summed E-state index contributed by atoms with van der Waals surface area (Å²) in [6.45, 7) is 1.13. The lowest BCUT2D eigenvalue weighted by atomic mass is 9.85. The summed E-state index contributed by atoms with van der Waals surface area (Å²) in [6, 6.07) is 0. The highest BCUT2D eigenvalue weighted by atomic mass is 127. The molecule has 1 aliphatic carbocycles. The Morgan fingerprint density at radius 3 is 2.93 bits per heavy atom. The number of hydrogen-bond acceptors (Lipinski definition) is 3. The lowest BCUT2D eigenvalue weighted by molar-refractivity contribution is 0.321. The first-order chi connectivity index (χ1) is 6.77. The quantitative estimate of drug-likeness (QED) is 0.803. The van der Waals surface area contributed by atoms with Crippen LogP contribution in [0.25, 0.3) is 0 Å². The highest BCUT2D eigenvalue weighted by molar-refractivity contribution is 14.1. The molecule has 3 nitrogen and oxygen atoms in total. The number of nitrogens with zero attached hydrogens (tertiary/aromatic N) is 3. The Morgan fingerprint density at radius 2 is 2.36 bits per heavy atom. The lowest BCUT2D eigenvalue weighted by Gasteiger charge is -2.30. The fraction of sp³-hybridized carbons (Fsp3) is 0.600. The molecule has 1 heterocycles. The number of halogens is 1. The van der Waals surface area contributed by atoms with Gasteiger partial charge in [-0.1, -0.05) is 6.42 Å². The van der Waals surface area contributed by atoms with Crippen LogP contribution in [0.5, 0.6) is 0 Å². The van der Waals surface area contributed by atoms with Crippen molar-refractivity contribution >= 4 is 28.4 Å². The normalized spacial score (nSPS) is 16.4. The fourth-order valence-corrected chi connectivity index (χ4v) is 2.45. The van der Waals surface area contributed by atoms with Gasteiger partial charge in [-0.15, -0.1) is 0 Å². The van der Waals surface area contributed by atoms with Gasteiger partial charge in [0.15, 0.2) is 0 Å². The average Bonchev–Trinajstić information content (AvgIpc) is 2.12. The van der Waals surface area contributed by atoms with Crippen molar-refractivity contribution < 1.29 is 0 Å². The van der Waals surface area contributed by atoms with Crippen LogP contribution in [0, 0.1) is 9.49 Å². The van der Waals surface area contributed by atoms with Crippen molar-refractivity contribution in [3.63, 3.8) is 0 Å². The van der Waals surface area contributed by atoms with Crippen LogP contribution in [-0.4, -0.2) is 23.6 Å². The van der Waals surface area contributed by atoms with Gasteiger partial charge < -0.3 is 4.90 Å². The van der Waals surface area contributed by atoms with E-state index in [1.807, 2.05) is 6.20 Å². The minimum atomic E-state index is 0.880. The van der Waals surface area contributed by atoms with Gasteiger partial charge in [-0.3, -0.25) is 0 Å². The minimum Gasteiger partial charge on any atom is -0.358 e. The molecule has 0 radical (unpaired) electrons. The van der Waals surface area contributed by atoms with Crippen LogP contribution in [0.15, 0.2) is 12.5 Å². The molecule has 0 spiro atoms. The van der Waals surface area contributed by atoms with Crippen LogP contribution < -0.4 is 4.90 Å². The van der Waals surface area contributed by atoms with Gasteiger partial charge in [-0.2, -0.15) is 0 Å². The van der Waals surface area contributed by atoms with Gasteiger partial charge in [0.25, 0.3) is 0 Å². The van der Waals surface area contributed by atoms with Gasteiger partial charge in [0, 0.05) is 19.8 Å². The molecule has 1 fully saturated rings. The van der Waals surface area contributed by atoms with E-state index < -0.39 is 0 Å². The summed E-state index contributed by atoms with van der Waals surface area (Å²) >= 11 is 2.29.